The highest BCUT2D eigenvalue weighted by atomic mass is 35.5. The van der Waals surface area contributed by atoms with Crippen LogP contribution in [-0.2, 0) is 27.9 Å². The summed E-state index contributed by atoms with van der Waals surface area (Å²) in [6, 6.07) is 0. The highest BCUT2D eigenvalue weighted by molar-refractivity contribution is 8.06. The van der Waals surface area contributed by atoms with Gasteiger partial charge in [0.05, 0.1) is 5.75 Å². The molecule has 134 valence electrons. The molecule has 0 aromatic carbocycles. The zero-order valence-corrected chi connectivity index (χ0v) is 14.6. The molecule has 24 heavy (non-hydrogen) atoms. The first-order chi connectivity index (χ1) is 10.8. The number of rotatable bonds is 3. The maximum Gasteiger partial charge on any atom is 0.435 e. The standard InChI is InChI=1S/C13H15ClF3N3O3S/c1-12(2)7-9(19-23-12)24(21,22)6-4-5-8-10(13(15,16)17)18-20(3)11(8)14/h4-5H,6-7H2,1-3H3/b5-4+. The van der Waals surface area contributed by atoms with Crippen molar-refractivity contribution >= 4 is 32.6 Å². The van der Waals surface area contributed by atoms with Gasteiger partial charge in [-0.15, -0.1) is 0 Å². The molecule has 0 atom stereocenters. The SMILES string of the molecule is Cn1nc(C(F)(F)F)c(/C=C/CS(=O)(=O)C2=NOC(C)(C)C2)c1Cl. The molecule has 0 amide bonds. The number of hydrogen-bond acceptors (Lipinski definition) is 5. The van der Waals surface area contributed by atoms with E-state index in [0.717, 1.165) is 16.8 Å². The molecule has 0 spiro atoms. The van der Waals surface area contributed by atoms with Crippen LogP contribution in [0.25, 0.3) is 6.08 Å². The van der Waals surface area contributed by atoms with Crippen LogP contribution in [0.3, 0.4) is 0 Å². The molecule has 1 aromatic rings. The fourth-order valence-electron chi connectivity index (χ4n) is 2.04. The Morgan fingerprint density at radius 1 is 1.42 bits per heavy atom. The summed E-state index contributed by atoms with van der Waals surface area (Å²) in [7, 11) is -2.51. The first-order valence-electron chi connectivity index (χ1n) is 6.77. The van der Waals surface area contributed by atoms with Crippen molar-refractivity contribution in [3.05, 3.63) is 22.5 Å². The number of hydrogen-bond donors (Lipinski definition) is 0. The molecule has 0 radical (unpaired) electrons. The molecule has 0 unspecified atom stereocenters. The summed E-state index contributed by atoms with van der Waals surface area (Å²) in [5.74, 6) is -0.520. The fraction of sp³-hybridized carbons (Fsp3) is 0.538. The Bertz CT molecular complexity index is 810. The summed E-state index contributed by atoms with van der Waals surface area (Å²) >= 11 is 5.79. The predicted octanol–water partition coefficient (Wildman–Crippen LogP) is 3.03. The van der Waals surface area contributed by atoms with E-state index >= 15 is 0 Å². The van der Waals surface area contributed by atoms with Crippen molar-refractivity contribution in [3.63, 3.8) is 0 Å². The molecule has 0 bridgehead atoms. The van der Waals surface area contributed by atoms with Gasteiger partial charge in [-0.25, -0.2) is 8.42 Å². The number of alkyl halides is 3. The van der Waals surface area contributed by atoms with E-state index in [1.807, 2.05) is 0 Å². The van der Waals surface area contributed by atoms with Gasteiger partial charge in [-0.3, -0.25) is 4.68 Å². The Balaban J connectivity index is 2.21. The maximum atomic E-state index is 12.9. The third kappa shape index (κ3) is 3.92. The van der Waals surface area contributed by atoms with Crippen LogP contribution in [0.15, 0.2) is 11.2 Å². The van der Waals surface area contributed by atoms with Crippen LogP contribution in [0.1, 0.15) is 31.5 Å². The molecule has 0 N–H and O–H groups in total. The second kappa shape index (κ2) is 6.07. The third-order valence-electron chi connectivity index (χ3n) is 3.21. The second-order valence-electron chi connectivity index (χ2n) is 5.87. The van der Waals surface area contributed by atoms with Gasteiger partial charge in [0.15, 0.2) is 20.6 Å². The highest BCUT2D eigenvalue weighted by Crippen LogP contribution is 2.35. The van der Waals surface area contributed by atoms with Gasteiger partial charge in [-0.2, -0.15) is 18.3 Å². The molecule has 0 fully saturated rings. The first kappa shape index (κ1) is 18.8. The number of aryl methyl sites for hydroxylation is 1. The van der Waals surface area contributed by atoms with Gasteiger partial charge in [-0.05, 0) is 13.8 Å². The topological polar surface area (TPSA) is 73.5 Å². The Morgan fingerprint density at radius 3 is 2.54 bits per heavy atom. The minimum absolute atomic E-state index is 0.102. The lowest BCUT2D eigenvalue weighted by Crippen LogP contribution is -2.23. The number of sulfone groups is 1. The Labute approximate surface area is 141 Å². The van der Waals surface area contributed by atoms with E-state index in [2.05, 4.69) is 10.3 Å². The van der Waals surface area contributed by atoms with Gasteiger partial charge < -0.3 is 4.84 Å². The van der Waals surface area contributed by atoms with E-state index in [9.17, 15) is 21.6 Å². The molecule has 0 saturated carbocycles. The molecule has 1 aliphatic rings. The minimum atomic E-state index is -4.70. The van der Waals surface area contributed by atoms with Crippen molar-refractivity contribution in [2.45, 2.75) is 32.0 Å². The molecular formula is C13H15ClF3N3O3S. The molecular weight excluding hydrogens is 371 g/mol. The van der Waals surface area contributed by atoms with E-state index in [1.165, 1.54) is 7.05 Å². The molecule has 0 saturated heterocycles. The van der Waals surface area contributed by atoms with E-state index in [4.69, 9.17) is 16.4 Å². The molecule has 6 nitrogen and oxygen atoms in total. The number of aromatic nitrogens is 2. The molecule has 2 rings (SSSR count). The Kier molecular flexibility index (Phi) is 4.75. The van der Waals surface area contributed by atoms with Gasteiger partial charge in [0.1, 0.15) is 10.8 Å². The van der Waals surface area contributed by atoms with Crippen molar-refractivity contribution in [2.75, 3.05) is 5.75 Å². The lowest BCUT2D eigenvalue weighted by atomic mass is 10.1. The van der Waals surface area contributed by atoms with Crippen LogP contribution in [0.5, 0.6) is 0 Å². The lowest BCUT2D eigenvalue weighted by Gasteiger charge is -2.12. The van der Waals surface area contributed by atoms with Crippen LogP contribution in [-0.4, -0.2) is 34.6 Å². The van der Waals surface area contributed by atoms with E-state index in [-0.39, 0.29) is 22.2 Å². The summed E-state index contributed by atoms with van der Waals surface area (Å²) in [4.78, 5) is 4.99. The smallest absolute Gasteiger partial charge is 0.389 e. The quantitative estimate of drug-likeness (QED) is 0.801. The summed E-state index contributed by atoms with van der Waals surface area (Å²) in [6.45, 7) is 3.36. The van der Waals surface area contributed by atoms with Crippen molar-refractivity contribution in [3.8, 4) is 0 Å². The van der Waals surface area contributed by atoms with Gasteiger partial charge in [0.25, 0.3) is 0 Å². The lowest BCUT2D eigenvalue weighted by molar-refractivity contribution is -0.141. The van der Waals surface area contributed by atoms with Gasteiger partial charge in [0.2, 0.25) is 0 Å². The zero-order chi connectivity index (χ0) is 18.3. The average molecular weight is 386 g/mol. The van der Waals surface area contributed by atoms with Gasteiger partial charge >= 0.3 is 6.18 Å². The van der Waals surface area contributed by atoms with E-state index in [1.54, 1.807) is 13.8 Å². The Morgan fingerprint density at radius 2 is 2.04 bits per heavy atom. The van der Waals surface area contributed by atoms with Crippen LogP contribution in [0, 0.1) is 0 Å². The molecule has 1 aliphatic heterocycles. The normalized spacial score (nSPS) is 18.0. The summed E-state index contributed by atoms with van der Waals surface area (Å²) in [6.07, 6.45) is -2.51. The second-order valence-corrected chi connectivity index (χ2v) is 8.26. The monoisotopic (exact) mass is 385 g/mol. The molecule has 1 aromatic heterocycles. The first-order valence-corrected chi connectivity index (χ1v) is 8.80. The van der Waals surface area contributed by atoms with Crippen LogP contribution in [0.2, 0.25) is 5.15 Å². The maximum absolute atomic E-state index is 12.9. The summed E-state index contributed by atoms with van der Waals surface area (Å²) in [5.41, 5.74) is -2.28. The summed E-state index contributed by atoms with van der Waals surface area (Å²) < 4.78 is 63.9. The minimum Gasteiger partial charge on any atom is -0.389 e. The van der Waals surface area contributed by atoms with Crippen LogP contribution < -0.4 is 0 Å². The van der Waals surface area contributed by atoms with Crippen molar-refractivity contribution in [1.82, 2.24) is 9.78 Å². The average Bonchev–Trinajstić information content (AvgIpc) is 2.92. The van der Waals surface area contributed by atoms with Crippen molar-refractivity contribution < 1.29 is 26.4 Å². The fourth-order valence-corrected chi connectivity index (χ4v) is 3.49. The van der Waals surface area contributed by atoms with Gasteiger partial charge in [-0.1, -0.05) is 28.9 Å². The zero-order valence-electron chi connectivity index (χ0n) is 13.1. The van der Waals surface area contributed by atoms with E-state index < -0.39 is 33.1 Å². The number of oxime groups is 1. The highest BCUT2D eigenvalue weighted by Gasteiger charge is 2.38. The third-order valence-corrected chi connectivity index (χ3v) is 5.23. The molecule has 0 aliphatic carbocycles. The number of nitrogens with zero attached hydrogens (tertiary/aromatic N) is 3. The van der Waals surface area contributed by atoms with Crippen LogP contribution in [0.4, 0.5) is 13.2 Å². The number of halogens is 4. The van der Waals surface area contributed by atoms with Crippen LogP contribution >= 0.6 is 11.6 Å². The van der Waals surface area contributed by atoms with Crippen molar-refractivity contribution in [1.29, 1.82) is 0 Å². The molecule has 2 heterocycles. The van der Waals surface area contributed by atoms with Crippen molar-refractivity contribution in [2.24, 2.45) is 12.2 Å². The van der Waals surface area contributed by atoms with Gasteiger partial charge in [0, 0.05) is 19.0 Å². The predicted molar refractivity (Wildman–Crippen MR) is 83.3 cm³/mol. The Hall–Kier alpha value is -1.55. The molecule has 11 heteroatoms. The van der Waals surface area contributed by atoms with E-state index in [0.29, 0.717) is 0 Å². The largest absolute Gasteiger partial charge is 0.435 e. The summed E-state index contributed by atoms with van der Waals surface area (Å²) in [5, 5.41) is 6.47.